The second kappa shape index (κ2) is 6.41. The molecule has 0 spiro atoms. The van der Waals surface area contributed by atoms with Crippen molar-refractivity contribution in [2.24, 2.45) is 5.92 Å². The highest BCUT2D eigenvalue weighted by Gasteiger charge is 2.48. The summed E-state index contributed by atoms with van der Waals surface area (Å²) in [4.78, 5) is 25.2. The number of urea groups is 1. The van der Waals surface area contributed by atoms with Gasteiger partial charge in [0.2, 0.25) is 0 Å². The fourth-order valence-corrected chi connectivity index (χ4v) is 2.96. The molecule has 2 atom stereocenters. The SMILES string of the molecule is C[C@@]1([C@H]2CCCN(CCOCC(F)(F)F)C2)NC(=O)NC1=O. The van der Waals surface area contributed by atoms with E-state index in [0.29, 0.717) is 13.1 Å². The Morgan fingerprint density at radius 3 is 2.73 bits per heavy atom. The number of hydrogen-bond acceptors (Lipinski definition) is 4. The van der Waals surface area contributed by atoms with Crippen molar-refractivity contribution in [2.75, 3.05) is 32.8 Å². The van der Waals surface area contributed by atoms with Crippen LogP contribution in [0.4, 0.5) is 18.0 Å². The van der Waals surface area contributed by atoms with Crippen LogP contribution >= 0.6 is 0 Å². The van der Waals surface area contributed by atoms with Gasteiger partial charge >= 0.3 is 12.2 Å². The molecule has 22 heavy (non-hydrogen) atoms. The molecule has 9 heteroatoms. The molecule has 2 N–H and O–H groups in total. The zero-order chi connectivity index (χ0) is 16.4. The van der Waals surface area contributed by atoms with Crippen LogP contribution in [0.25, 0.3) is 0 Å². The largest absolute Gasteiger partial charge is 0.411 e. The third kappa shape index (κ3) is 4.10. The van der Waals surface area contributed by atoms with Crippen molar-refractivity contribution in [3.63, 3.8) is 0 Å². The zero-order valence-corrected chi connectivity index (χ0v) is 12.3. The summed E-state index contributed by atoms with van der Waals surface area (Å²) < 4.78 is 40.6. The van der Waals surface area contributed by atoms with Gasteiger partial charge in [0.15, 0.2) is 0 Å². The minimum absolute atomic E-state index is 0.0124. The van der Waals surface area contributed by atoms with E-state index < -0.39 is 24.4 Å². The maximum absolute atomic E-state index is 12.0. The van der Waals surface area contributed by atoms with Crippen LogP contribution in [0.1, 0.15) is 19.8 Å². The number of piperidine rings is 1. The van der Waals surface area contributed by atoms with Crippen LogP contribution in [0.5, 0.6) is 0 Å². The van der Waals surface area contributed by atoms with Crippen molar-refractivity contribution in [3.8, 4) is 0 Å². The van der Waals surface area contributed by atoms with Crippen molar-refractivity contribution in [2.45, 2.75) is 31.5 Å². The van der Waals surface area contributed by atoms with Gasteiger partial charge in [-0.3, -0.25) is 10.1 Å². The Balaban J connectivity index is 1.82. The first-order valence-corrected chi connectivity index (χ1v) is 7.21. The Morgan fingerprint density at radius 1 is 1.41 bits per heavy atom. The maximum atomic E-state index is 12.0. The van der Waals surface area contributed by atoms with Gasteiger partial charge in [0.25, 0.3) is 5.91 Å². The number of alkyl halides is 3. The highest BCUT2D eigenvalue weighted by molar-refractivity contribution is 6.06. The molecule has 3 amide bonds. The Kier molecular flexibility index (Phi) is 4.96. The number of halogens is 3. The molecule has 0 bridgehead atoms. The Hall–Kier alpha value is -1.35. The van der Waals surface area contributed by atoms with Gasteiger partial charge < -0.3 is 15.0 Å². The summed E-state index contributed by atoms with van der Waals surface area (Å²) in [6.45, 7) is 2.08. The van der Waals surface area contributed by atoms with E-state index in [1.54, 1.807) is 6.92 Å². The van der Waals surface area contributed by atoms with E-state index in [2.05, 4.69) is 15.4 Å². The Morgan fingerprint density at radius 2 is 2.14 bits per heavy atom. The van der Waals surface area contributed by atoms with Crippen molar-refractivity contribution >= 4 is 11.9 Å². The summed E-state index contributed by atoms with van der Waals surface area (Å²) in [7, 11) is 0. The van der Waals surface area contributed by atoms with Crippen LogP contribution in [0.15, 0.2) is 0 Å². The minimum atomic E-state index is -4.32. The molecule has 2 rings (SSSR count). The number of amides is 3. The molecule has 2 aliphatic rings. The lowest BCUT2D eigenvalue weighted by molar-refractivity contribution is -0.174. The number of imide groups is 1. The van der Waals surface area contributed by atoms with Gasteiger partial charge in [0, 0.05) is 19.0 Å². The van der Waals surface area contributed by atoms with Crippen LogP contribution in [-0.4, -0.2) is 61.4 Å². The molecule has 2 saturated heterocycles. The van der Waals surface area contributed by atoms with Crippen molar-refractivity contribution in [1.82, 2.24) is 15.5 Å². The van der Waals surface area contributed by atoms with Crippen molar-refractivity contribution in [3.05, 3.63) is 0 Å². The lowest BCUT2D eigenvalue weighted by Gasteiger charge is -2.39. The first-order valence-electron chi connectivity index (χ1n) is 7.21. The predicted molar refractivity (Wildman–Crippen MR) is 71.1 cm³/mol. The molecule has 0 aromatic heterocycles. The summed E-state index contributed by atoms with van der Waals surface area (Å²) in [6, 6.07) is -0.502. The summed E-state index contributed by atoms with van der Waals surface area (Å²) in [5.74, 6) is -0.423. The van der Waals surface area contributed by atoms with Crippen LogP contribution in [0.3, 0.4) is 0 Å². The summed E-state index contributed by atoms with van der Waals surface area (Å²) in [6.07, 6.45) is -2.71. The van der Waals surface area contributed by atoms with E-state index in [4.69, 9.17) is 0 Å². The Labute approximate surface area is 126 Å². The highest BCUT2D eigenvalue weighted by atomic mass is 19.4. The molecule has 0 aromatic rings. The zero-order valence-electron chi connectivity index (χ0n) is 12.3. The number of ether oxygens (including phenoxy) is 1. The van der Waals surface area contributed by atoms with Crippen molar-refractivity contribution < 1.29 is 27.5 Å². The van der Waals surface area contributed by atoms with Crippen LogP contribution in [0, 0.1) is 5.92 Å². The van der Waals surface area contributed by atoms with E-state index in [1.165, 1.54) is 0 Å². The first-order chi connectivity index (χ1) is 10.2. The summed E-state index contributed by atoms with van der Waals surface area (Å²) >= 11 is 0. The third-order valence-corrected chi connectivity index (χ3v) is 4.21. The average molecular weight is 323 g/mol. The van der Waals surface area contributed by atoms with Crippen LogP contribution in [0.2, 0.25) is 0 Å². The predicted octanol–water partition coefficient (Wildman–Crippen LogP) is 0.875. The molecule has 0 saturated carbocycles. The van der Waals surface area contributed by atoms with E-state index in [0.717, 1.165) is 19.4 Å². The average Bonchev–Trinajstić information content (AvgIpc) is 2.68. The van der Waals surface area contributed by atoms with Gasteiger partial charge in [0.1, 0.15) is 12.1 Å². The second-order valence-electron chi connectivity index (χ2n) is 5.92. The normalized spacial score (nSPS) is 30.3. The topological polar surface area (TPSA) is 70.7 Å². The number of nitrogens with zero attached hydrogens (tertiary/aromatic N) is 1. The van der Waals surface area contributed by atoms with E-state index >= 15 is 0 Å². The number of likely N-dealkylation sites (tertiary alicyclic amines) is 1. The monoisotopic (exact) mass is 323 g/mol. The standard InChI is InChI=1S/C13H20F3N3O3/c1-12(10(20)17-11(21)18-12)9-3-2-4-19(7-9)5-6-22-8-13(14,15)16/h9H,2-8H2,1H3,(H2,17,18,20,21)/t9-,12-/m0/s1. The number of carbonyl (C=O) groups is 2. The molecule has 0 radical (unpaired) electrons. The molecule has 0 aliphatic carbocycles. The summed E-state index contributed by atoms with van der Waals surface area (Å²) in [5, 5.41) is 4.88. The molecule has 0 unspecified atom stereocenters. The lowest BCUT2D eigenvalue weighted by Crippen LogP contribution is -2.56. The van der Waals surface area contributed by atoms with E-state index in [9.17, 15) is 22.8 Å². The van der Waals surface area contributed by atoms with Crippen LogP contribution < -0.4 is 10.6 Å². The lowest BCUT2D eigenvalue weighted by atomic mass is 9.80. The fraction of sp³-hybridized carbons (Fsp3) is 0.846. The minimum Gasteiger partial charge on any atom is -0.371 e. The van der Waals surface area contributed by atoms with Gasteiger partial charge in [0.05, 0.1) is 6.61 Å². The molecule has 2 aliphatic heterocycles. The van der Waals surface area contributed by atoms with Gasteiger partial charge in [-0.2, -0.15) is 13.2 Å². The van der Waals surface area contributed by atoms with E-state index in [1.807, 2.05) is 4.90 Å². The molecule has 2 heterocycles. The molecule has 6 nitrogen and oxygen atoms in total. The smallest absolute Gasteiger partial charge is 0.371 e. The number of hydrogen-bond donors (Lipinski definition) is 2. The third-order valence-electron chi connectivity index (χ3n) is 4.21. The quantitative estimate of drug-likeness (QED) is 0.582. The second-order valence-corrected chi connectivity index (χ2v) is 5.92. The molecular formula is C13H20F3N3O3. The van der Waals surface area contributed by atoms with Gasteiger partial charge in [-0.05, 0) is 26.3 Å². The fourth-order valence-electron chi connectivity index (χ4n) is 2.96. The van der Waals surface area contributed by atoms with Gasteiger partial charge in [-0.15, -0.1) is 0 Å². The van der Waals surface area contributed by atoms with Gasteiger partial charge in [-0.1, -0.05) is 0 Å². The maximum Gasteiger partial charge on any atom is 0.411 e. The summed E-state index contributed by atoms with van der Waals surface area (Å²) in [5.41, 5.74) is -0.956. The Bertz CT molecular complexity index is 444. The van der Waals surface area contributed by atoms with Crippen molar-refractivity contribution in [1.29, 1.82) is 0 Å². The molecule has 0 aromatic carbocycles. The number of nitrogens with one attached hydrogen (secondary N) is 2. The number of carbonyl (C=O) groups excluding carboxylic acids is 2. The molecule has 2 fully saturated rings. The van der Waals surface area contributed by atoms with Crippen LogP contribution in [-0.2, 0) is 9.53 Å². The highest BCUT2D eigenvalue weighted by Crippen LogP contribution is 2.29. The number of rotatable bonds is 5. The van der Waals surface area contributed by atoms with Gasteiger partial charge in [-0.25, -0.2) is 4.79 Å². The molecular weight excluding hydrogens is 303 g/mol. The molecule has 126 valence electrons. The first kappa shape index (κ1) is 17.0. The van der Waals surface area contributed by atoms with E-state index in [-0.39, 0.29) is 18.4 Å².